The first-order valence-corrected chi connectivity index (χ1v) is 9.22. The Hall–Kier alpha value is -2.86. The average molecular weight is 378 g/mol. The largest absolute Gasteiger partial charge is 0.302 e. The van der Waals surface area contributed by atoms with E-state index in [9.17, 15) is 14.4 Å². The van der Waals surface area contributed by atoms with Crippen molar-refractivity contribution in [3.05, 3.63) is 71.8 Å². The summed E-state index contributed by atoms with van der Waals surface area (Å²) in [5.41, 5.74) is 0.160. The van der Waals surface area contributed by atoms with E-state index in [1.807, 2.05) is 60.7 Å². The molecule has 2 fully saturated rings. The van der Waals surface area contributed by atoms with E-state index in [1.54, 1.807) is 0 Å². The maximum absolute atomic E-state index is 13.3. The number of hydrogen-bond donors (Lipinski definition) is 2. The second kappa shape index (κ2) is 6.70. The third-order valence-electron chi connectivity index (χ3n) is 5.57. The maximum Gasteiger partial charge on any atom is 0.243 e. The fourth-order valence-corrected chi connectivity index (χ4v) is 4.60. The van der Waals surface area contributed by atoms with Gasteiger partial charge in [0.2, 0.25) is 11.8 Å². The van der Waals surface area contributed by atoms with E-state index in [-0.39, 0.29) is 23.7 Å². The van der Waals surface area contributed by atoms with Gasteiger partial charge in [0.15, 0.2) is 5.11 Å². The van der Waals surface area contributed by atoms with Crippen LogP contribution in [0.4, 0.5) is 0 Å². The van der Waals surface area contributed by atoms with Crippen LogP contribution < -0.4 is 10.6 Å². The third kappa shape index (κ3) is 2.77. The summed E-state index contributed by atoms with van der Waals surface area (Å²) >= 11 is 5.02. The lowest BCUT2D eigenvalue weighted by atomic mass is 9.54. The van der Waals surface area contributed by atoms with Gasteiger partial charge >= 0.3 is 0 Å². The minimum atomic E-state index is -1.43. The van der Waals surface area contributed by atoms with Crippen LogP contribution in [0.15, 0.2) is 60.7 Å². The van der Waals surface area contributed by atoms with Crippen molar-refractivity contribution in [1.82, 2.24) is 10.6 Å². The second-order valence-electron chi connectivity index (χ2n) is 6.98. The molecule has 2 amide bonds. The Morgan fingerprint density at radius 3 is 1.56 bits per heavy atom. The van der Waals surface area contributed by atoms with Gasteiger partial charge in [0, 0.05) is 24.7 Å². The molecule has 1 saturated heterocycles. The van der Waals surface area contributed by atoms with Crippen molar-refractivity contribution in [3.63, 3.8) is 0 Å². The van der Waals surface area contributed by atoms with Gasteiger partial charge in [-0.25, -0.2) is 0 Å². The summed E-state index contributed by atoms with van der Waals surface area (Å²) in [7, 11) is 0. The molecule has 2 aliphatic rings. The number of carbonyl (C=O) groups excluding carboxylic acids is 3. The first-order chi connectivity index (χ1) is 13.0. The van der Waals surface area contributed by atoms with Gasteiger partial charge in [0.1, 0.15) is 11.2 Å². The van der Waals surface area contributed by atoms with Crippen molar-refractivity contribution in [3.8, 4) is 0 Å². The topological polar surface area (TPSA) is 75.3 Å². The molecule has 1 aliphatic heterocycles. The maximum atomic E-state index is 13.3. The normalized spacial score (nSPS) is 24.4. The highest BCUT2D eigenvalue weighted by atomic mass is 32.1. The molecule has 2 atom stereocenters. The minimum Gasteiger partial charge on any atom is -0.302 e. The molecule has 0 unspecified atom stereocenters. The Labute approximate surface area is 162 Å². The fraction of sp³-hybridized carbons (Fsp3) is 0.238. The van der Waals surface area contributed by atoms with E-state index in [2.05, 4.69) is 10.6 Å². The van der Waals surface area contributed by atoms with Gasteiger partial charge in [0.05, 0.1) is 0 Å². The summed E-state index contributed by atoms with van der Waals surface area (Å²) in [5.74, 6) is -1.96. The zero-order valence-electron chi connectivity index (χ0n) is 14.5. The zero-order chi connectivity index (χ0) is 19.0. The van der Waals surface area contributed by atoms with Crippen LogP contribution in [0.25, 0.3) is 0 Å². The smallest absolute Gasteiger partial charge is 0.243 e. The van der Waals surface area contributed by atoms with Crippen LogP contribution >= 0.6 is 12.2 Å². The van der Waals surface area contributed by atoms with Crippen molar-refractivity contribution >= 4 is 34.9 Å². The zero-order valence-corrected chi connectivity index (χ0v) is 15.3. The van der Waals surface area contributed by atoms with Crippen LogP contribution in [0.1, 0.15) is 35.8 Å². The Kier molecular flexibility index (Phi) is 4.36. The summed E-state index contributed by atoms with van der Waals surface area (Å²) < 4.78 is 0. The predicted octanol–water partition coefficient (Wildman–Crippen LogP) is 2.43. The first kappa shape index (κ1) is 17.5. The van der Waals surface area contributed by atoms with Crippen LogP contribution in [0.2, 0.25) is 0 Å². The van der Waals surface area contributed by atoms with Crippen LogP contribution in [-0.2, 0) is 14.4 Å². The summed E-state index contributed by atoms with van der Waals surface area (Å²) in [6, 6.07) is 18.6. The monoisotopic (exact) mass is 378 g/mol. The van der Waals surface area contributed by atoms with Crippen LogP contribution in [-0.4, -0.2) is 22.7 Å². The van der Waals surface area contributed by atoms with E-state index >= 15 is 0 Å². The fourth-order valence-electron chi connectivity index (χ4n) is 4.42. The summed E-state index contributed by atoms with van der Waals surface area (Å²) in [5, 5.41) is 5.27. The Balaban J connectivity index is 1.95. The van der Waals surface area contributed by atoms with Gasteiger partial charge in [-0.2, -0.15) is 0 Å². The standard InChI is InChI=1S/C21H18N2O3S/c24-15-11-16(13-7-3-1-4-8-13)21(18(25)22-20(27)23-19(21)26)17(12-15)14-9-5-2-6-10-14/h1-10,16-17H,11-12H2,(H2,22,23,25,26,27)/t16-,17-/m1/s1. The molecule has 2 N–H and O–H groups in total. The highest BCUT2D eigenvalue weighted by Crippen LogP contribution is 2.55. The SMILES string of the molecule is O=C1C[C@H](c2ccccc2)C2(C(=O)NC(=S)NC2=O)[C@@H](c2ccccc2)C1. The van der Waals surface area contributed by atoms with Gasteiger partial charge in [-0.1, -0.05) is 60.7 Å². The number of nitrogens with one attached hydrogen (secondary N) is 2. The molecular formula is C21H18N2O3S. The molecule has 0 radical (unpaired) electrons. The van der Waals surface area contributed by atoms with Gasteiger partial charge < -0.3 is 10.6 Å². The van der Waals surface area contributed by atoms with Crippen molar-refractivity contribution in [2.45, 2.75) is 24.7 Å². The molecule has 4 rings (SSSR count). The van der Waals surface area contributed by atoms with Gasteiger partial charge in [0.25, 0.3) is 0 Å². The molecular weight excluding hydrogens is 360 g/mol. The van der Waals surface area contributed by atoms with Crippen LogP contribution in [0.3, 0.4) is 0 Å². The lowest BCUT2D eigenvalue weighted by Gasteiger charge is -2.48. The van der Waals surface area contributed by atoms with E-state index in [4.69, 9.17) is 12.2 Å². The number of amides is 2. The van der Waals surface area contributed by atoms with Crippen LogP contribution in [0.5, 0.6) is 0 Å². The van der Waals surface area contributed by atoms with Crippen molar-refractivity contribution < 1.29 is 14.4 Å². The number of carbonyl (C=O) groups is 3. The number of hydrogen-bond acceptors (Lipinski definition) is 4. The summed E-state index contributed by atoms with van der Waals surface area (Å²) in [6.07, 6.45) is 0.280. The molecule has 1 saturated carbocycles. The Bertz CT molecular complexity index is 853. The molecule has 0 bridgehead atoms. The van der Waals surface area contributed by atoms with E-state index < -0.39 is 29.1 Å². The Morgan fingerprint density at radius 2 is 1.15 bits per heavy atom. The quantitative estimate of drug-likeness (QED) is 0.622. The third-order valence-corrected chi connectivity index (χ3v) is 5.78. The molecule has 2 aromatic carbocycles. The molecule has 27 heavy (non-hydrogen) atoms. The number of benzene rings is 2. The summed E-state index contributed by atoms with van der Waals surface area (Å²) in [6.45, 7) is 0. The second-order valence-corrected chi connectivity index (χ2v) is 7.39. The minimum absolute atomic E-state index is 0.00569. The van der Waals surface area contributed by atoms with E-state index in [0.29, 0.717) is 0 Å². The molecule has 1 aliphatic carbocycles. The van der Waals surface area contributed by atoms with Crippen LogP contribution in [0, 0.1) is 5.41 Å². The molecule has 0 aromatic heterocycles. The van der Waals surface area contributed by atoms with Gasteiger partial charge in [-0.15, -0.1) is 0 Å². The predicted molar refractivity (Wildman–Crippen MR) is 104 cm³/mol. The average Bonchev–Trinajstić information content (AvgIpc) is 2.67. The molecule has 2 aromatic rings. The lowest BCUT2D eigenvalue weighted by molar-refractivity contribution is -0.150. The van der Waals surface area contributed by atoms with E-state index in [0.717, 1.165) is 11.1 Å². The van der Waals surface area contributed by atoms with Crippen molar-refractivity contribution in [2.75, 3.05) is 0 Å². The van der Waals surface area contributed by atoms with Crippen molar-refractivity contribution in [2.24, 2.45) is 5.41 Å². The first-order valence-electron chi connectivity index (χ1n) is 8.82. The number of ketones is 1. The Morgan fingerprint density at radius 1 is 0.741 bits per heavy atom. The van der Waals surface area contributed by atoms with E-state index in [1.165, 1.54) is 0 Å². The highest BCUT2D eigenvalue weighted by Gasteiger charge is 2.62. The molecule has 1 heterocycles. The highest BCUT2D eigenvalue weighted by molar-refractivity contribution is 7.80. The molecule has 5 nitrogen and oxygen atoms in total. The van der Waals surface area contributed by atoms with Gasteiger partial charge in [-0.05, 0) is 23.3 Å². The molecule has 136 valence electrons. The summed E-state index contributed by atoms with van der Waals surface area (Å²) in [4.78, 5) is 39.2. The molecule has 1 spiro atoms. The number of thiocarbonyl (C=S) groups is 1. The van der Waals surface area contributed by atoms with Crippen molar-refractivity contribution in [1.29, 1.82) is 0 Å². The van der Waals surface area contributed by atoms with Gasteiger partial charge in [-0.3, -0.25) is 14.4 Å². The lowest BCUT2D eigenvalue weighted by Crippen LogP contribution is -2.67. The molecule has 6 heteroatoms. The number of rotatable bonds is 2. The number of Topliss-reactive ketones (excluding diaryl/α,β-unsaturated/α-hetero) is 1.